The van der Waals surface area contributed by atoms with Crippen molar-refractivity contribution in [1.29, 1.82) is 0 Å². The van der Waals surface area contributed by atoms with Crippen LogP contribution in [0.1, 0.15) is 57.8 Å². The van der Waals surface area contributed by atoms with Crippen LogP contribution < -0.4 is 5.32 Å². The molecule has 0 aromatic carbocycles. The molecule has 3 saturated carbocycles. The van der Waals surface area contributed by atoms with Crippen molar-refractivity contribution in [2.24, 2.45) is 23.7 Å². The summed E-state index contributed by atoms with van der Waals surface area (Å²) in [7, 11) is 0. The third-order valence-electron chi connectivity index (χ3n) is 6.64. The summed E-state index contributed by atoms with van der Waals surface area (Å²) in [5, 5.41) is 13.6. The van der Waals surface area contributed by atoms with E-state index in [-0.39, 0.29) is 12.1 Å². The fourth-order valence-corrected chi connectivity index (χ4v) is 5.19. The number of nitrogens with zero attached hydrogens (tertiary/aromatic N) is 1. The summed E-state index contributed by atoms with van der Waals surface area (Å²) in [6.45, 7) is 1.50. The molecule has 0 spiro atoms. The number of likely N-dealkylation sites (tertiary alicyclic amines) is 1. The van der Waals surface area contributed by atoms with Crippen molar-refractivity contribution in [2.45, 2.75) is 69.9 Å². The Balaban J connectivity index is 1.32. The molecule has 0 aromatic heterocycles. The Kier molecular flexibility index (Phi) is 4.05. The molecule has 1 heterocycles. The first-order valence-electron chi connectivity index (χ1n) is 9.44. The van der Waals surface area contributed by atoms with Gasteiger partial charge in [-0.3, -0.25) is 0 Å². The molecule has 0 radical (unpaired) electrons. The van der Waals surface area contributed by atoms with Crippen LogP contribution in [-0.4, -0.2) is 41.3 Å². The Hall–Kier alpha value is -0.770. The lowest BCUT2D eigenvalue weighted by Gasteiger charge is -2.45. The topological polar surface area (TPSA) is 52.6 Å². The minimum absolute atomic E-state index is 0.130. The predicted octanol–water partition coefficient (Wildman–Crippen LogP) is 2.76. The highest BCUT2D eigenvalue weighted by Crippen LogP contribution is 2.44. The monoisotopic (exact) mass is 306 g/mol. The number of aliphatic hydroxyl groups is 1. The van der Waals surface area contributed by atoms with Crippen LogP contribution in [0.5, 0.6) is 0 Å². The van der Waals surface area contributed by atoms with Gasteiger partial charge in [0.25, 0.3) is 0 Å². The molecule has 4 nitrogen and oxygen atoms in total. The van der Waals surface area contributed by atoms with Gasteiger partial charge in [-0.15, -0.1) is 0 Å². The first kappa shape index (κ1) is 14.8. The van der Waals surface area contributed by atoms with Gasteiger partial charge in [-0.05, 0) is 50.4 Å². The summed E-state index contributed by atoms with van der Waals surface area (Å²) in [4.78, 5) is 14.6. The summed E-state index contributed by atoms with van der Waals surface area (Å²) in [5.41, 5.74) is 0. The summed E-state index contributed by atoms with van der Waals surface area (Å²) >= 11 is 0. The molecule has 1 unspecified atom stereocenters. The SMILES string of the molecule is O=C(N[C@H]1CCC[C@@H](C2CC2)C1)N1C[C@H]2CCC[C@@H](C1)C2O. The Morgan fingerprint density at radius 3 is 2.18 bits per heavy atom. The molecule has 2 bridgehead atoms. The average molecular weight is 306 g/mol. The molecule has 22 heavy (non-hydrogen) atoms. The number of nitrogens with one attached hydrogen (secondary N) is 1. The molecule has 4 rings (SSSR count). The van der Waals surface area contributed by atoms with Crippen LogP contribution in [0.2, 0.25) is 0 Å². The number of urea groups is 1. The van der Waals surface area contributed by atoms with E-state index in [0.29, 0.717) is 17.9 Å². The van der Waals surface area contributed by atoms with E-state index >= 15 is 0 Å². The maximum Gasteiger partial charge on any atom is 0.317 e. The van der Waals surface area contributed by atoms with Crippen molar-refractivity contribution in [3.63, 3.8) is 0 Å². The standard InChI is InChI=1S/C18H30N2O2/c21-17-14-4-1-5-15(17)11-20(10-14)18(22)19-16-6-2-3-13(9-16)12-7-8-12/h12-17,21H,1-11H2,(H,19,22)/t13-,14-,15+,16+,17?/m1/s1. The molecule has 2 amide bonds. The maximum absolute atomic E-state index is 12.6. The van der Waals surface area contributed by atoms with E-state index in [1.807, 2.05) is 4.90 Å². The number of hydrogen-bond acceptors (Lipinski definition) is 2. The van der Waals surface area contributed by atoms with Crippen LogP contribution in [0, 0.1) is 23.7 Å². The van der Waals surface area contributed by atoms with E-state index in [2.05, 4.69) is 5.32 Å². The molecule has 5 atom stereocenters. The molecule has 1 aliphatic heterocycles. The largest absolute Gasteiger partial charge is 0.392 e. The lowest BCUT2D eigenvalue weighted by Crippen LogP contribution is -2.57. The van der Waals surface area contributed by atoms with Gasteiger partial charge in [0.2, 0.25) is 0 Å². The van der Waals surface area contributed by atoms with Crippen LogP contribution in [0.3, 0.4) is 0 Å². The predicted molar refractivity (Wildman–Crippen MR) is 85.4 cm³/mol. The van der Waals surface area contributed by atoms with Gasteiger partial charge in [-0.2, -0.15) is 0 Å². The lowest BCUT2D eigenvalue weighted by atomic mass is 9.75. The quantitative estimate of drug-likeness (QED) is 0.824. The van der Waals surface area contributed by atoms with Gasteiger partial charge in [-0.25, -0.2) is 4.79 Å². The van der Waals surface area contributed by atoms with E-state index in [9.17, 15) is 9.90 Å². The number of carbonyl (C=O) groups is 1. The van der Waals surface area contributed by atoms with Crippen molar-refractivity contribution < 1.29 is 9.90 Å². The zero-order valence-corrected chi connectivity index (χ0v) is 13.5. The van der Waals surface area contributed by atoms with E-state index in [1.54, 1.807) is 0 Å². The second-order valence-electron chi connectivity index (χ2n) is 8.26. The Labute approximate surface area is 133 Å². The molecule has 124 valence electrons. The fraction of sp³-hybridized carbons (Fsp3) is 0.944. The fourth-order valence-electron chi connectivity index (χ4n) is 5.19. The molecule has 4 heteroatoms. The van der Waals surface area contributed by atoms with Crippen LogP contribution >= 0.6 is 0 Å². The minimum Gasteiger partial charge on any atom is -0.392 e. The average Bonchev–Trinajstić information content (AvgIpc) is 3.31. The maximum atomic E-state index is 12.6. The molecule has 0 aromatic rings. The number of aliphatic hydroxyl groups excluding tert-OH is 1. The number of amides is 2. The van der Waals surface area contributed by atoms with Crippen LogP contribution in [-0.2, 0) is 0 Å². The molecular weight excluding hydrogens is 276 g/mol. The van der Waals surface area contributed by atoms with E-state index in [1.165, 1.54) is 38.5 Å². The second-order valence-corrected chi connectivity index (χ2v) is 8.26. The van der Waals surface area contributed by atoms with Crippen LogP contribution in [0.15, 0.2) is 0 Å². The third-order valence-corrected chi connectivity index (χ3v) is 6.64. The number of rotatable bonds is 2. The Morgan fingerprint density at radius 2 is 1.50 bits per heavy atom. The summed E-state index contributed by atoms with van der Waals surface area (Å²) in [5.74, 6) is 2.44. The summed E-state index contributed by atoms with van der Waals surface area (Å²) in [6.07, 6.45) is 11.0. The van der Waals surface area contributed by atoms with Crippen LogP contribution in [0.4, 0.5) is 4.79 Å². The van der Waals surface area contributed by atoms with E-state index in [0.717, 1.165) is 44.2 Å². The van der Waals surface area contributed by atoms with Crippen molar-refractivity contribution >= 4 is 6.03 Å². The van der Waals surface area contributed by atoms with Crippen LogP contribution in [0.25, 0.3) is 0 Å². The van der Waals surface area contributed by atoms with E-state index < -0.39 is 0 Å². The lowest BCUT2D eigenvalue weighted by molar-refractivity contribution is -0.0371. The smallest absolute Gasteiger partial charge is 0.317 e. The van der Waals surface area contributed by atoms with Gasteiger partial charge < -0.3 is 15.3 Å². The number of fused-ring (bicyclic) bond motifs is 2. The number of piperidine rings is 1. The van der Waals surface area contributed by atoms with Crippen molar-refractivity contribution in [3.05, 3.63) is 0 Å². The number of carbonyl (C=O) groups excluding carboxylic acids is 1. The van der Waals surface area contributed by atoms with Gasteiger partial charge in [0.05, 0.1) is 6.10 Å². The molecule has 4 fully saturated rings. The minimum atomic E-state index is -0.174. The molecular formula is C18H30N2O2. The molecule has 1 saturated heterocycles. The zero-order valence-electron chi connectivity index (χ0n) is 13.5. The first-order valence-corrected chi connectivity index (χ1v) is 9.44. The zero-order chi connectivity index (χ0) is 15.1. The molecule has 3 aliphatic carbocycles. The Bertz CT molecular complexity index is 409. The van der Waals surface area contributed by atoms with Crippen molar-refractivity contribution in [2.75, 3.05) is 13.1 Å². The number of hydrogen-bond donors (Lipinski definition) is 2. The van der Waals surface area contributed by atoms with Gasteiger partial charge >= 0.3 is 6.03 Å². The summed E-state index contributed by atoms with van der Waals surface area (Å²) in [6, 6.07) is 0.517. The molecule has 2 N–H and O–H groups in total. The van der Waals surface area contributed by atoms with Gasteiger partial charge in [-0.1, -0.05) is 19.3 Å². The van der Waals surface area contributed by atoms with Crippen molar-refractivity contribution in [1.82, 2.24) is 10.2 Å². The van der Waals surface area contributed by atoms with Gasteiger partial charge in [0, 0.05) is 31.0 Å². The normalized spacial score (nSPS) is 42.0. The Morgan fingerprint density at radius 1 is 0.864 bits per heavy atom. The van der Waals surface area contributed by atoms with E-state index in [4.69, 9.17) is 0 Å². The highest BCUT2D eigenvalue weighted by atomic mass is 16.3. The highest BCUT2D eigenvalue weighted by Gasteiger charge is 2.40. The second kappa shape index (κ2) is 6.03. The first-order chi connectivity index (χ1) is 10.7. The highest BCUT2D eigenvalue weighted by molar-refractivity contribution is 5.74. The van der Waals surface area contributed by atoms with Crippen molar-refractivity contribution in [3.8, 4) is 0 Å². The third kappa shape index (κ3) is 2.99. The van der Waals surface area contributed by atoms with Gasteiger partial charge in [0.15, 0.2) is 0 Å². The van der Waals surface area contributed by atoms with Gasteiger partial charge in [0.1, 0.15) is 0 Å². The summed E-state index contributed by atoms with van der Waals surface area (Å²) < 4.78 is 0. The molecule has 4 aliphatic rings.